The quantitative estimate of drug-likeness (QED) is 0.789. The van der Waals surface area contributed by atoms with E-state index in [1.807, 2.05) is 49.4 Å². The molecule has 0 aromatic heterocycles. The first kappa shape index (κ1) is 20.7. The molecular weight excluding hydrogens is 402 g/mol. The maximum absolute atomic E-state index is 13.0. The number of hydrogen-bond acceptors (Lipinski definition) is 4. The van der Waals surface area contributed by atoms with Crippen molar-refractivity contribution in [1.29, 1.82) is 0 Å². The van der Waals surface area contributed by atoms with Crippen LogP contribution in [-0.2, 0) is 14.3 Å². The van der Waals surface area contributed by atoms with Gasteiger partial charge in [0.2, 0.25) is 11.8 Å². The lowest BCUT2D eigenvalue weighted by atomic mass is 10.1. The number of hydrogen-bond donors (Lipinski definition) is 1. The second-order valence-corrected chi connectivity index (χ2v) is 8.22. The van der Waals surface area contributed by atoms with Crippen LogP contribution < -0.4 is 10.2 Å². The predicted molar refractivity (Wildman–Crippen MR) is 118 cm³/mol. The summed E-state index contributed by atoms with van der Waals surface area (Å²) in [7, 11) is 0. The zero-order chi connectivity index (χ0) is 21.1. The van der Waals surface area contributed by atoms with Crippen molar-refractivity contribution in [3.8, 4) is 0 Å². The minimum absolute atomic E-state index is 0.00556. The molecule has 2 amide bonds. The van der Waals surface area contributed by atoms with Crippen LogP contribution in [0.1, 0.15) is 24.9 Å². The van der Waals surface area contributed by atoms with Crippen LogP contribution in [-0.4, -0.2) is 49.6 Å². The lowest BCUT2D eigenvalue weighted by Crippen LogP contribution is -2.37. The van der Waals surface area contributed by atoms with E-state index in [0.717, 1.165) is 24.3 Å². The SMILES string of the molecule is C[C@H](c1ccccc1)N1C[C@H](C(=O)Nc2cc(Cl)ccc2N2CCOCC2)CC1=O. The smallest absolute Gasteiger partial charge is 0.229 e. The molecule has 2 fully saturated rings. The van der Waals surface area contributed by atoms with E-state index in [4.69, 9.17) is 16.3 Å². The summed E-state index contributed by atoms with van der Waals surface area (Å²) < 4.78 is 5.43. The Bertz CT molecular complexity index is 915. The molecule has 2 heterocycles. The number of rotatable bonds is 5. The van der Waals surface area contributed by atoms with Crippen molar-refractivity contribution in [3.63, 3.8) is 0 Å². The molecule has 2 aliphatic heterocycles. The molecular formula is C23H26ClN3O3. The van der Waals surface area contributed by atoms with E-state index in [1.165, 1.54) is 0 Å². The summed E-state index contributed by atoms with van der Waals surface area (Å²) in [4.78, 5) is 29.6. The maximum atomic E-state index is 13.0. The number of carbonyl (C=O) groups is 2. The van der Waals surface area contributed by atoms with E-state index in [0.29, 0.717) is 30.5 Å². The molecule has 0 saturated carbocycles. The summed E-state index contributed by atoms with van der Waals surface area (Å²) in [5.41, 5.74) is 2.67. The Balaban J connectivity index is 1.47. The Labute approximate surface area is 181 Å². The summed E-state index contributed by atoms with van der Waals surface area (Å²) >= 11 is 6.20. The van der Waals surface area contributed by atoms with E-state index in [9.17, 15) is 9.59 Å². The third kappa shape index (κ3) is 4.45. The van der Waals surface area contributed by atoms with E-state index >= 15 is 0 Å². The van der Waals surface area contributed by atoms with Crippen LogP contribution in [0.4, 0.5) is 11.4 Å². The first-order valence-electron chi connectivity index (χ1n) is 10.3. The fourth-order valence-corrected chi connectivity index (χ4v) is 4.29. The molecule has 0 bridgehead atoms. The van der Waals surface area contributed by atoms with Crippen LogP contribution in [0.3, 0.4) is 0 Å². The monoisotopic (exact) mass is 427 g/mol. The average Bonchev–Trinajstić information content (AvgIpc) is 3.16. The van der Waals surface area contributed by atoms with Crippen molar-refractivity contribution < 1.29 is 14.3 Å². The van der Waals surface area contributed by atoms with Crippen molar-refractivity contribution in [2.24, 2.45) is 5.92 Å². The molecule has 2 aromatic rings. The average molecular weight is 428 g/mol. The maximum Gasteiger partial charge on any atom is 0.229 e. The Morgan fingerprint density at radius 1 is 1.17 bits per heavy atom. The number of halogens is 1. The topological polar surface area (TPSA) is 61.9 Å². The number of benzene rings is 2. The highest BCUT2D eigenvalue weighted by molar-refractivity contribution is 6.31. The Morgan fingerprint density at radius 3 is 2.63 bits per heavy atom. The van der Waals surface area contributed by atoms with Gasteiger partial charge in [-0.2, -0.15) is 0 Å². The number of ether oxygens (including phenoxy) is 1. The van der Waals surface area contributed by atoms with Gasteiger partial charge in [-0.3, -0.25) is 9.59 Å². The second-order valence-electron chi connectivity index (χ2n) is 7.78. The van der Waals surface area contributed by atoms with Crippen LogP contribution in [0.25, 0.3) is 0 Å². The van der Waals surface area contributed by atoms with E-state index in [2.05, 4.69) is 10.2 Å². The standard InChI is InChI=1S/C23H26ClN3O3/c1-16(17-5-3-2-4-6-17)27-15-18(13-22(27)28)23(29)25-20-14-19(24)7-8-21(20)26-9-11-30-12-10-26/h2-8,14,16,18H,9-13,15H2,1H3,(H,25,29)/t16-,18-/m1/s1. The van der Waals surface area contributed by atoms with E-state index in [1.54, 1.807) is 11.0 Å². The molecule has 0 aliphatic carbocycles. The van der Waals surface area contributed by atoms with E-state index in [-0.39, 0.29) is 30.2 Å². The van der Waals surface area contributed by atoms with Crippen molar-refractivity contribution in [1.82, 2.24) is 4.90 Å². The zero-order valence-electron chi connectivity index (χ0n) is 17.0. The third-order valence-corrected chi connectivity index (χ3v) is 6.08. The molecule has 1 N–H and O–H groups in total. The van der Waals surface area contributed by atoms with Crippen molar-refractivity contribution in [2.45, 2.75) is 19.4 Å². The number of anilines is 2. The highest BCUT2D eigenvalue weighted by Gasteiger charge is 2.37. The highest BCUT2D eigenvalue weighted by Crippen LogP contribution is 2.32. The van der Waals surface area contributed by atoms with Gasteiger partial charge in [0.15, 0.2) is 0 Å². The number of nitrogens with zero attached hydrogens (tertiary/aromatic N) is 2. The zero-order valence-corrected chi connectivity index (χ0v) is 17.8. The first-order valence-corrected chi connectivity index (χ1v) is 10.7. The Kier molecular flexibility index (Phi) is 6.25. The molecule has 2 atom stereocenters. The summed E-state index contributed by atoms with van der Waals surface area (Å²) in [5.74, 6) is -0.533. The number of amides is 2. The number of likely N-dealkylation sites (tertiary alicyclic amines) is 1. The molecule has 4 rings (SSSR count). The van der Waals surface area contributed by atoms with Crippen LogP contribution in [0.15, 0.2) is 48.5 Å². The van der Waals surface area contributed by atoms with Gasteiger partial charge in [0, 0.05) is 31.1 Å². The summed E-state index contributed by atoms with van der Waals surface area (Å²) in [6, 6.07) is 15.3. The van der Waals surface area contributed by atoms with Crippen molar-refractivity contribution >= 4 is 34.8 Å². The predicted octanol–water partition coefficient (Wildman–Crippen LogP) is 3.72. The van der Waals surface area contributed by atoms with Crippen LogP contribution in [0.2, 0.25) is 5.02 Å². The van der Waals surface area contributed by atoms with Gasteiger partial charge in [0.25, 0.3) is 0 Å². The van der Waals surface area contributed by atoms with Gasteiger partial charge in [0.1, 0.15) is 0 Å². The fraction of sp³-hybridized carbons (Fsp3) is 0.391. The molecule has 158 valence electrons. The molecule has 30 heavy (non-hydrogen) atoms. The van der Waals surface area contributed by atoms with Gasteiger partial charge < -0.3 is 19.9 Å². The molecule has 7 heteroatoms. The highest BCUT2D eigenvalue weighted by atomic mass is 35.5. The normalized spacial score (nSPS) is 20.3. The number of nitrogens with one attached hydrogen (secondary N) is 1. The minimum atomic E-state index is -0.389. The molecule has 2 aliphatic rings. The molecule has 0 spiro atoms. The molecule has 2 aromatic carbocycles. The Hall–Kier alpha value is -2.57. The first-order chi connectivity index (χ1) is 14.5. The van der Waals surface area contributed by atoms with E-state index < -0.39 is 0 Å². The number of morpholine rings is 1. The minimum Gasteiger partial charge on any atom is -0.378 e. The summed E-state index contributed by atoms with van der Waals surface area (Å²) in [5, 5.41) is 3.59. The Morgan fingerprint density at radius 2 is 1.90 bits per heavy atom. The van der Waals surface area contributed by atoms with Crippen LogP contribution >= 0.6 is 11.6 Å². The molecule has 2 saturated heterocycles. The van der Waals surface area contributed by atoms with Crippen molar-refractivity contribution in [3.05, 3.63) is 59.1 Å². The van der Waals surface area contributed by atoms with Gasteiger partial charge in [-0.1, -0.05) is 41.9 Å². The van der Waals surface area contributed by atoms with Gasteiger partial charge in [-0.15, -0.1) is 0 Å². The van der Waals surface area contributed by atoms with Crippen molar-refractivity contribution in [2.75, 3.05) is 43.1 Å². The fourth-order valence-electron chi connectivity index (χ4n) is 4.12. The van der Waals surface area contributed by atoms with Gasteiger partial charge in [-0.25, -0.2) is 0 Å². The molecule has 0 unspecified atom stereocenters. The van der Waals surface area contributed by atoms with Gasteiger partial charge >= 0.3 is 0 Å². The lowest BCUT2D eigenvalue weighted by molar-refractivity contribution is -0.129. The summed E-state index contributed by atoms with van der Waals surface area (Å²) in [6.45, 7) is 5.23. The molecule has 6 nitrogen and oxygen atoms in total. The van der Waals surface area contributed by atoms with Gasteiger partial charge in [0.05, 0.1) is 36.5 Å². The second kappa shape index (κ2) is 9.06. The lowest BCUT2D eigenvalue weighted by Gasteiger charge is -2.31. The largest absolute Gasteiger partial charge is 0.378 e. The number of carbonyl (C=O) groups excluding carboxylic acids is 2. The summed E-state index contributed by atoms with van der Waals surface area (Å²) in [6.07, 6.45) is 0.219. The van der Waals surface area contributed by atoms with Crippen LogP contribution in [0, 0.1) is 5.92 Å². The molecule has 0 radical (unpaired) electrons. The van der Waals surface area contributed by atoms with Gasteiger partial charge in [-0.05, 0) is 30.7 Å². The third-order valence-electron chi connectivity index (χ3n) is 5.85. The van der Waals surface area contributed by atoms with Crippen LogP contribution in [0.5, 0.6) is 0 Å².